The Bertz CT molecular complexity index is 788. The second kappa shape index (κ2) is 12.9. The normalized spacial score (nSPS) is 10.2. The molecule has 0 saturated heterocycles. The third-order valence-corrected chi connectivity index (χ3v) is 3.41. The molecule has 0 fully saturated rings. The minimum atomic E-state index is 0.0948. The molecule has 3 aromatic rings. The molecule has 2 heterocycles. The molecule has 1 aliphatic rings. The van der Waals surface area contributed by atoms with Crippen LogP contribution in [0.5, 0.6) is 0 Å². The second-order valence-corrected chi connectivity index (χ2v) is 4.49. The van der Waals surface area contributed by atoms with Crippen LogP contribution >= 0.6 is 0 Å². The maximum absolute atomic E-state index is 12.2. The van der Waals surface area contributed by atoms with Crippen molar-refractivity contribution in [2.45, 2.75) is 61.8 Å². The number of carbonyl (C=O) groups is 1. The van der Waals surface area contributed by atoms with Crippen molar-refractivity contribution in [2.75, 3.05) is 0 Å². The van der Waals surface area contributed by atoms with Crippen molar-refractivity contribution in [1.82, 2.24) is 9.55 Å². The van der Waals surface area contributed by atoms with Crippen LogP contribution in [0.2, 0.25) is 0 Å². The summed E-state index contributed by atoms with van der Waals surface area (Å²) in [5, 5.41) is 0. The number of hydrogen-bond donors (Lipinski definition) is 0. The van der Waals surface area contributed by atoms with Crippen molar-refractivity contribution in [3.05, 3.63) is 54.1 Å². The van der Waals surface area contributed by atoms with Crippen molar-refractivity contribution < 1.29 is 4.79 Å². The van der Waals surface area contributed by atoms with Crippen LogP contribution in [0.3, 0.4) is 0 Å². The Labute approximate surface area is 159 Å². The van der Waals surface area contributed by atoms with Crippen LogP contribution in [0.15, 0.2) is 48.5 Å². The van der Waals surface area contributed by atoms with Gasteiger partial charge in [0.15, 0.2) is 0 Å². The van der Waals surface area contributed by atoms with Crippen LogP contribution in [-0.4, -0.2) is 15.5 Å². The fourth-order valence-electron chi connectivity index (χ4n) is 2.59. The van der Waals surface area contributed by atoms with Gasteiger partial charge in [0.25, 0.3) is 0 Å². The van der Waals surface area contributed by atoms with E-state index in [-0.39, 0.29) is 5.91 Å². The molecule has 0 unspecified atom stereocenters. The number of aromatic nitrogens is 2. The van der Waals surface area contributed by atoms with Gasteiger partial charge >= 0.3 is 0 Å². The van der Waals surface area contributed by atoms with Crippen molar-refractivity contribution in [3.8, 4) is 11.4 Å². The predicted molar refractivity (Wildman–Crippen MR) is 115 cm³/mol. The van der Waals surface area contributed by atoms with Gasteiger partial charge in [0.05, 0.1) is 17.5 Å². The zero-order chi connectivity index (χ0) is 20.1. The van der Waals surface area contributed by atoms with Crippen molar-refractivity contribution >= 4 is 16.9 Å². The molecule has 1 aliphatic heterocycles. The van der Waals surface area contributed by atoms with Crippen molar-refractivity contribution in [1.29, 1.82) is 0 Å². The summed E-state index contributed by atoms with van der Waals surface area (Å²) in [6.07, 6.45) is 0.448. The lowest BCUT2D eigenvalue weighted by Gasteiger charge is -2.16. The second-order valence-electron chi connectivity index (χ2n) is 4.49. The largest absolute Gasteiger partial charge is 0.274 e. The fraction of sp³-hybridized carbons (Fsp3) is 0.391. The highest BCUT2D eigenvalue weighted by molar-refractivity contribution is 5.99. The molecule has 3 nitrogen and oxygen atoms in total. The number of imidazole rings is 1. The molecule has 0 bridgehead atoms. The highest BCUT2D eigenvalue weighted by Gasteiger charge is 2.25. The average Bonchev–Trinajstić information content (AvgIpc) is 3.15. The van der Waals surface area contributed by atoms with Crippen LogP contribution in [0, 0.1) is 0 Å². The monoisotopic (exact) mass is 354 g/mol. The molecule has 0 spiro atoms. The number of hydrogen-bond acceptors (Lipinski definition) is 2. The highest BCUT2D eigenvalue weighted by Crippen LogP contribution is 2.31. The molecule has 142 valence electrons. The topological polar surface area (TPSA) is 34.9 Å². The molecular weight excluding hydrogens is 320 g/mol. The van der Waals surface area contributed by atoms with Crippen LogP contribution in [-0.2, 0) is 6.42 Å². The quantitative estimate of drug-likeness (QED) is 0.435. The minimum absolute atomic E-state index is 0.0948. The Morgan fingerprint density at radius 3 is 1.96 bits per heavy atom. The van der Waals surface area contributed by atoms with Gasteiger partial charge in [0.2, 0.25) is 5.91 Å². The third kappa shape index (κ3) is 4.81. The number of nitrogens with zero attached hydrogens (tertiary/aromatic N) is 2. The smallest absolute Gasteiger partial charge is 0.237 e. The molecule has 1 aromatic heterocycles. The van der Waals surface area contributed by atoms with Gasteiger partial charge in [-0.1, -0.05) is 91.8 Å². The lowest BCUT2D eigenvalue weighted by atomic mass is 10.0. The van der Waals surface area contributed by atoms with Gasteiger partial charge in [0, 0.05) is 5.56 Å². The number of rotatable bonds is 0. The minimum Gasteiger partial charge on any atom is -0.274 e. The van der Waals surface area contributed by atoms with Crippen LogP contribution in [0.4, 0.5) is 0 Å². The Hall–Kier alpha value is -2.42. The maximum atomic E-state index is 12.2. The first-order valence-corrected chi connectivity index (χ1v) is 9.93. The van der Waals surface area contributed by atoms with Crippen molar-refractivity contribution in [2.24, 2.45) is 0 Å². The lowest BCUT2D eigenvalue weighted by Crippen LogP contribution is -2.20. The summed E-state index contributed by atoms with van der Waals surface area (Å²) in [4.78, 5) is 16.8. The van der Waals surface area contributed by atoms with E-state index in [1.165, 1.54) is 0 Å². The lowest BCUT2D eigenvalue weighted by molar-refractivity contribution is 0.0917. The number of benzene rings is 2. The molecule has 0 atom stereocenters. The van der Waals surface area contributed by atoms with E-state index in [9.17, 15) is 4.79 Å². The number of fused-ring (bicyclic) bond motifs is 5. The molecule has 0 aliphatic carbocycles. The van der Waals surface area contributed by atoms with E-state index in [1.807, 2.05) is 104 Å². The van der Waals surface area contributed by atoms with Gasteiger partial charge in [-0.2, -0.15) is 0 Å². The molecule has 4 rings (SSSR count). The van der Waals surface area contributed by atoms with E-state index in [1.54, 1.807) is 4.57 Å². The Balaban J connectivity index is 0.000000698. The first-order valence-electron chi connectivity index (χ1n) is 9.93. The van der Waals surface area contributed by atoms with Gasteiger partial charge < -0.3 is 0 Å². The van der Waals surface area contributed by atoms with Gasteiger partial charge in [-0.15, -0.1) is 0 Å². The van der Waals surface area contributed by atoms with E-state index in [2.05, 4.69) is 4.98 Å². The molecule has 3 heteroatoms. The number of carbonyl (C=O) groups excluding carboxylic acids is 1. The van der Waals surface area contributed by atoms with E-state index in [4.69, 9.17) is 0 Å². The third-order valence-electron chi connectivity index (χ3n) is 3.41. The van der Waals surface area contributed by atoms with Gasteiger partial charge in [-0.05, 0) is 17.7 Å². The molecule has 26 heavy (non-hydrogen) atoms. The van der Waals surface area contributed by atoms with E-state index in [0.717, 1.165) is 28.0 Å². The molecule has 0 radical (unpaired) electrons. The van der Waals surface area contributed by atoms with Gasteiger partial charge in [-0.3, -0.25) is 9.36 Å². The highest BCUT2D eigenvalue weighted by atomic mass is 16.2. The van der Waals surface area contributed by atoms with Gasteiger partial charge in [0.1, 0.15) is 5.82 Å². The molecule has 0 saturated carbocycles. The zero-order valence-corrected chi connectivity index (χ0v) is 17.6. The first-order chi connectivity index (χ1) is 12.8. The van der Waals surface area contributed by atoms with Crippen LogP contribution < -0.4 is 0 Å². The van der Waals surface area contributed by atoms with E-state index < -0.39 is 0 Å². The fourth-order valence-corrected chi connectivity index (χ4v) is 2.59. The summed E-state index contributed by atoms with van der Waals surface area (Å²) in [5.41, 5.74) is 3.89. The maximum Gasteiger partial charge on any atom is 0.237 e. The molecule has 0 N–H and O–H groups in total. The summed E-state index contributed by atoms with van der Waals surface area (Å²) >= 11 is 0. The Morgan fingerprint density at radius 2 is 1.31 bits per heavy atom. The molecule has 2 aromatic carbocycles. The van der Waals surface area contributed by atoms with E-state index >= 15 is 0 Å². The summed E-state index contributed by atoms with van der Waals surface area (Å²) in [6, 6.07) is 15.7. The summed E-state index contributed by atoms with van der Waals surface area (Å²) in [5.74, 6) is 0.862. The Morgan fingerprint density at radius 1 is 0.769 bits per heavy atom. The van der Waals surface area contributed by atoms with Crippen LogP contribution in [0.1, 0.15) is 65.7 Å². The SMILES string of the molecule is CC.CC.CC.CC.O=C1Cc2ccccc2-c2nc3ccccc3n21. The predicted octanol–water partition coefficient (Wildman–Crippen LogP) is 7.00. The number of para-hydroxylation sites is 2. The van der Waals surface area contributed by atoms with Crippen molar-refractivity contribution in [3.63, 3.8) is 0 Å². The summed E-state index contributed by atoms with van der Waals surface area (Å²) in [7, 11) is 0. The molecular formula is C23H34N2O. The Kier molecular flexibility index (Phi) is 11.7. The standard InChI is InChI=1S/C15H10N2O.4C2H6/c18-14-9-10-5-1-2-6-11(10)15-16-12-7-3-4-8-13(12)17(14)15;4*1-2/h1-8H,9H2;4*1-2H3. The first kappa shape index (κ1) is 23.6. The van der Waals surface area contributed by atoms with Gasteiger partial charge in [-0.25, -0.2) is 4.98 Å². The van der Waals surface area contributed by atoms with Crippen LogP contribution in [0.25, 0.3) is 22.4 Å². The average molecular weight is 355 g/mol. The van der Waals surface area contributed by atoms with E-state index in [0.29, 0.717) is 6.42 Å². The zero-order valence-electron chi connectivity index (χ0n) is 17.6. The molecule has 0 amide bonds. The summed E-state index contributed by atoms with van der Waals surface area (Å²) < 4.78 is 1.73. The summed E-state index contributed by atoms with van der Waals surface area (Å²) in [6.45, 7) is 16.0.